The van der Waals surface area contributed by atoms with E-state index >= 15 is 0 Å². The second kappa shape index (κ2) is 9.63. The van der Waals surface area contributed by atoms with Crippen LogP contribution in [0.1, 0.15) is 37.3 Å². The van der Waals surface area contributed by atoms with Crippen LogP contribution in [0, 0.1) is 17.7 Å². The molecule has 0 aromatic heterocycles. The largest absolute Gasteiger partial charge is 0.468 e. The van der Waals surface area contributed by atoms with E-state index in [1.54, 1.807) is 13.0 Å². The fraction of sp³-hybridized carbons (Fsp3) is 0.296. The Kier molecular flexibility index (Phi) is 6.63. The smallest absolute Gasteiger partial charge is 0.337 e. The summed E-state index contributed by atoms with van der Waals surface area (Å²) in [5.41, 5.74) is 2.90. The lowest BCUT2D eigenvalue weighted by Crippen LogP contribution is -2.43. The molecule has 0 bridgehead atoms. The van der Waals surface area contributed by atoms with Crippen molar-refractivity contribution in [1.82, 2.24) is 5.32 Å². The van der Waals surface area contributed by atoms with Gasteiger partial charge in [0.15, 0.2) is 5.78 Å². The zero-order valence-corrected chi connectivity index (χ0v) is 19.3. The van der Waals surface area contributed by atoms with Gasteiger partial charge in [-0.15, -0.1) is 0 Å². The molecule has 0 saturated carbocycles. The number of carbonyl (C=O) groups excluding carboxylic acids is 3. The highest BCUT2D eigenvalue weighted by atomic mass is 19.1. The summed E-state index contributed by atoms with van der Waals surface area (Å²) in [5, 5.41) is 3.19. The maximum atomic E-state index is 14.2. The van der Waals surface area contributed by atoms with Crippen molar-refractivity contribution in [1.29, 1.82) is 0 Å². The number of ether oxygens (including phenoxy) is 2. The van der Waals surface area contributed by atoms with E-state index in [1.807, 2.05) is 37.3 Å². The quantitative estimate of drug-likeness (QED) is 0.529. The minimum absolute atomic E-state index is 0.0496. The summed E-state index contributed by atoms with van der Waals surface area (Å²) in [4.78, 5) is 39.4. The van der Waals surface area contributed by atoms with Gasteiger partial charge in [0.1, 0.15) is 18.3 Å². The third-order valence-electron chi connectivity index (χ3n) is 6.36. The summed E-state index contributed by atoms with van der Waals surface area (Å²) >= 11 is 0. The highest BCUT2D eigenvalue weighted by molar-refractivity contribution is 6.12. The van der Waals surface area contributed by atoms with Gasteiger partial charge in [-0.2, -0.15) is 0 Å². The highest BCUT2D eigenvalue weighted by Gasteiger charge is 2.47. The molecule has 0 amide bonds. The van der Waals surface area contributed by atoms with Crippen LogP contribution in [0.5, 0.6) is 0 Å². The number of nitrogens with one attached hydrogen (secondary N) is 1. The number of esters is 2. The van der Waals surface area contributed by atoms with Gasteiger partial charge in [0, 0.05) is 22.9 Å². The van der Waals surface area contributed by atoms with Crippen LogP contribution in [0.3, 0.4) is 0 Å². The molecule has 4 rings (SSSR count). The van der Waals surface area contributed by atoms with Crippen LogP contribution in [0.25, 0.3) is 0 Å². The Bertz CT molecular complexity index is 1200. The zero-order valence-electron chi connectivity index (χ0n) is 19.3. The zero-order chi connectivity index (χ0) is 24.4. The minimum atomic E-state index is -0.999. The molecule has 34 heavy (non-hydrogen) atoms. The number of methoxy groups -OCH3 is 1. The Morgan fingerprint density at radius 3 is 2.53 bits per heavy atom. The highest BCUT2D eigenvalue weighted by Crippen LogP contribution is 2.45. The Morgan fingerprint density at radius 1 is 1.12 bits per heavy atom. The predicted octanol–water partition coefficient (Wildman–Crippen LogP) is 4.18. The standard InChI is InChI=1S/C27H26FNO5/c1-15-12-20-24(25(30)21(15)26(31)33-3)23(18-10-7-11-19(28)13-18)22(16(2)29-20)27(32)34-14-17-8-5-4-6-9-17/h4-11,13,15,21,23,29H,12,14H2,1-3H3/t15-,21+,23+/m1/s1. The number of dihydropyridines is 1. The first-order chi connectivity index (χ1) is 16.3. The molecule has 2 aromatic carbocycles. The molecule has 0 spiro atoms. The van der Waals surface area contributed by atoms with Crippen LogP contribution in [0.4, 0.5) is 4.39 Å². The number of hydrogen-bond donors (Lipinski definition) is 1. The van der Waals surface area contributed by atoms with Crippen molar-refractivity contribution in [2.75, 3.05) is 7.11 Å². The van der Waals surface area contributed by atoms with E-state index in [1.165, 1.54) is 25.3 Å². The first kappa shape index (κ1) is 23.4. The summed E-state index contributed by atoms with van der Waals surface area (Å²) in [5.74, 6) is -4.32. The first-order valence-corrected chi connectivity index (χ1v) is 11.1. The molecule has 1 aliphatic heterocycles. The van der Waals surface area contributed by atoms with Crippen molar-refractivity contribution in [3.63, 3.8) is 0 Å². The molecular weight excluding hydrogens is 437 g/mol. The number of ketones is 1. The van der Waals surface area contributed by atoms with Gasteiger partial charge >= 0.3 is 11.9 Å². The predicted molar refractivity (Wildman–Crippen MR) is 123 cm³/mol. The van der Waals surface area contributed by atoms with E-state index in [9.17, 15) is 18.8 Å². The van der Waals surface area contributed by atoms with E-state index < -0.39 is 35.4 Å². The fourth-order valence-electron chi connectivity index (χ4n) is 4.77. The van der Waals surface area contributed by atoms with Gasteiger partial charge in [-0.25, -0.2) is 9.18 Å². The van der Waals surface area contributed by atoms with Crippen molar-refractivity contribution in [2.24, 2.45) is 11.8 Å². The first-order valence-electron chi connectivity index (χ1n) is 11.1. The molecule has 1 N–H and O–H groups in total. The van der Waals surface area contributed by atoms with Gasteiger partial charge in [-0.3, -0.25) is 9.59 Å². The van der Waals surface area contributed by atoms with Crippen molar-refractivity contribution in [3.8, 4) is 0 Å². The molecule has 3 atom stereocenters. The van der Waals surface area contributed by atoms with E-state index in [0.717, 1.165) is 5.56 Å². The number of benzene rings is 2. The van der Waals surface area contributed by atoms with Crippen LogP contribution in [0.2, 0.25) is 0 Å². The molecule has 2 aliphatic rings. The molecule has 176 valence electrons. The van der Waals surface area contributed by atoms with Crippen LogP contribution in [-0.2, 0) is 30.5 Å². The van der Waals surface area contributed by atoms with Crippen LogP contribution in [-0.4, -0.2) is 24.8 Å². The number of rotatable bonds is 5. The third kappa shape index (κ3) is 4.38. The van der Waals surface area contributed by atoms with Gasteiger partial charge in [0.2, 0.25) is 0 Å². The Balaban J connectivity index is 1.77. The maximum Gasteiger partial charge on any atom is 0.337 e. The van der Waals surface area contributed by atoms with Crippen molar-refractivity contribution < 1.29 is 28.2 Å². The Hall–Kier alpha value is -3.74. The average molecular weight is 464 g/mol. The molecule has 0 fully saturated rings. The van der Waals surface area contributed by atoms with Crippen molar-refractivity contribution in [2.45, 2.75) is 32.8 Å². The van der Waals surface area contributed by atoms with Crippen LogP contribution < -0.4 is 5.32 Å². The lowest BCUT2D eigenvalue weighted by atomic mass is 9.69. The summed E-state index contributed by atoms with van der Waals surface area (Å²) in [7, 11) is 1.24. The van der Waals surface area contributed by atoms with Gasteiger partial charge in [-0.1, -0.05) is 49.4 Å². The van der Waals surface area contributed by atoms with Gasteiger partial charge < -0.3 is 14.8 Å². The Labute approximate surface area is 197 Å². The lowest BCUT2D eigenvalue weighted by Gasteiger charge is -2.38. The summed E-state index contributed by atoms with van der Waals surface area (Å²) in [6, 6.07) is 15.0. The number of allylic oxidation sites excluding steroid dienone is 3. The number of hydrogen-bond acceptors (Lipinski definition) is 6. The van der Waals surface area contributed by atoms with Crippen LogP contribution in [0.15, 0.2) is 77.1 Å². The summed E-state index contributed by atoms with van der Waals surface area (Å²) in [6.45, 7) is 3.59. The summed E-state index contributed by atoms with van der Waals surface area (Å²) in [6.07, 6.45) is 0.413. The van der Waals surface area contributed by atoms with Crippen LogP contribution >= 0.6 is 0 Å². The summed E-state index contributed by atoms with van der Waals surface area (Å²) < 4.78 is 24.7. The fourth-order valence-corrected chi connectivity index (χ4v) is 4.77. The van der Waals surface area contributed by atoms with E-state index in [0.29, 0.717) is 23.4 Å². The molecule has 7 heteroatoms. The maximum absolute atomic E-state index is 14.2. The topological polar surface area (TPSA) is 81.7 Å². The van der Waals surface area contributed by atoms with Crippen molar-refractivity contribution in [3.05, 3.63) is 94.1 Å². The molecule has 1 aliphatic carbocycles. The van der Waals surface area contributed by atoms with Gasteiger partial charge in [0.25, 0.3) is 0 Å². The molecule has 1 heterocycles. The van der Waals surface area contributed by atoms with E-state index in [-0.39, 0.29) is 23.7 Å². The van der Waals surface area contributed by atoms with E-state index in [4.69, 9.17) is 9.47 Å². The second-order valence-electron chi connectivity index (χ2n) is 8.65. The molecule has 0 unspecified atom stereocenters. The van der Waals surface area contributed by atoms with Gasteiger partial charge in [0.05, 0.1) is 12.7 Å². The molecule has 2 aromatic rings. The number of carbonyl (C=O) groups is 3. The SMILES string of the molecule is COC(=O)[C@@H]1C(=O)C2=C(C[C@H]1C)NC(C)=C(C(=O)OCc1ccccc1)[C@@H]2c1cccc(F)c1. The number of Topliss-reactive ketones (excluding diaryl/α,β-unsaturated/α-hetero) is 1. The van der Waals surface area contributed by atoms with E-state index in [2.05, 4.69) is 5.32 Å². The lowest BCUT2D eigenvalue weighted by molar-refractivity contribution is -0.151. The molecule has 0 saturated heterocycles. The number of halogens is 1. The van der Waals surface area contributed by atoms with Crippen molar-refractivity contribution >= 4 is 17.7 Å². The molecule has 6 nitrogen and oxygen atoms in total. The van der Waals surface area contributed by atoms with Gasteiger partial charge in [-0.05, 0) is 42.5 Å². The minimum Gasteiger partial charge on any atom is -0.468 e. The molecular formula is C27H26FNO5. The average Bonchev–Trinajstić information content (AvgIpc) is 2.82. The third-order valence-corrected chi connectivity index (χ3v) is 6.36. The Morgan fingerprint density at radius 2 is 1.85 bits per heavy atom. The molecule has 0 radical (unpaired) electrons. The monoisotopic (exact) mass is 463 g/mol. The second-order valence-corrected chi connectivity index (χ2v) is 8.65. The normalized spacial score (nSPS) is 22.1.